The number of nitrogens with zero attached hydrogens (tertiary/aromatic N) is 3. The van der Waals surface area contributed by atoms with Crippen LogP contribution >= 0.6 is 0 Å². The van der Waals surface area contributed by atoms with Crippen LogP contribution in [0.5, 0.6) is 0 Å². The van der Waals surface area contributed by atoms with Crippen LogP contribution in [0.15, 0.2) is 36.5 Å². The highest BCUT2D eigenvalue weighted by molar-refractivity contribution is 5.92. The number of nitrogens with two attached hydrogens (primary N) is 1. The molecule has 3 N–H and O–H groups in total. The predicted molar refractivity (Wildman–Crippen MR) is 96.4 cm³/mol. The number of hydrogen-bond acceptors (Lipinski definition) is 4. The Kier molecular flexibility index (Phi) is 4.92. The first-order valence-corrected chi connectivity index (χ1v) is 8.76. The quantitative estimate of drug-likeness (QED) is 0.889. The molecule has 0 radical (unpaired) electrons. The van der Waals surface area contributed by atoms with Gasteiger partial charge in [0.1, 0.15) is 0 Å². The summed E-state index contributed by atoms with van der Waals surface area (Å²) in [6.45, 7) is 5.40. The van der Waals surface area contributed by atoms with Gasteiger partial charge in [0, 0.05) is 25.8 Å². The largest absolute Gasteiger partial charge is 0.390 e. The van der Waals surface area contributed by atoms with E-state index in [1.165, 1.54) is 0 Å². The molecule has 1 amide bonds. The average molecular weight is 342 g/mol. The van der Waals surface area contributed by atoms with Gasteiger partial charge in [0.05, 0.1) is 11.3 Å². The maximum absolute atomic E-state index is 12.7. The van der Waals surface area contributed by atoms with Crippen LogP contribution in [-0.2, 0) is 6.54 Å². The summed E-state index contributed by atoms with van der Waals surface area (Å²) < 4.78 is 1.71. The topological polar surface area (TPSA) is 84.4 Å². The molecule has 0 saturated carbocycles. The molecular weight excluding hydrogens is 316 g/mol. The molecule has 3 rings (SSSR count). The lowest BCUT2D eigenvalue weighted by molar-refractivity contribution is -0.0109. The summed E-state index contributed by atoms with van der Waals surface area (Å²) in [6, 6.07) is 9.52. The zero-order valence-corrected chi connectivity index (χ0v) is 14.9. The van der Waals surface area contributed by atoms with E-state index >= 15 is 0 Å². The van der Waals surface area contributed by atoms with E-state index in [-0.39, 0.29) is 11.8 Å². The number of carbonyl (C=O) groups excluding carboxylic acids is 1. The molecule has 134 valence electrons. The van der Waals surface area contributed by atoms with Crippen LogP contribution < -0.4 is 5.73 Å². The van der Waals surface area contributed by atoms with Crippen molar-refractivity contribution in [3.05, 3.63) is 47.8 Å². The molecule has 0 spiro atoms. The number of carbonyl (C=O) groups is 1. The highest BCUT2D eigenvalue weighted by atomic mass is 16.3. The third-order valence-electron chi connectivity index (χ3n) is 5.05. The molecule has 6 heteroatoms. The van der Waals surface area contributed by atoms with Crippen molar-refractivity contribution >= 4 is 5.91 Å². The Morgan fingerprint density at radius 1 is 1.28 bits per heavy atom. The number of benzene rings is 1. The van der Waals surface area contributed by atoms with Crippen LogP contribution in [0, 0.1) is 5.92 Å². The zero-order chi connectivity index (χ0) is 18.0. The van der Waals surface area contributed by atoms with Crippen molar-refractivity contribution in [2.75, 3.05) is 13.1 Å². The van der Waals surface area contributed by atoms with Crippen LogP contribution in [0.3, 0.4) is 0 Å². The maximum atomic E-state index is 12.7. The van der Waals surface area contributed by atoms with E-state index in [1.807, 2.05) is 43.0 Å². The van der Waals surface area contributed by atoms with Gasteiger partial charge >= 0.3 is 0 Å². The number of aliphatic hydroxyl groups is 1. The fourth-order valence-corrected chi connectivity index (χ4v) is 3.43. The molecule has 1 saturated heterocycles. The Balaban J connectivity index is 1.72. The highest BCUT2D eigenvalue weighted by Gasteiger charge is 2.32. The van der Waals surface area contributed by atoms with Crippen LogP contribution in [0.4, 0.5) is 0 Å². The Hall–Kier alpha value is -2.18. The van der Waals surface area contributed by atoms with Gasteiger partial charge in [0.25, 0.3) is 5.91 Å². The summed E-state index contributed by atoms with van der Waals surface area (Å²) >= 11 is 0. The summed E-state index contributed by atoms with van der Waals surface area (Å²) in [4.78, 5) is 14.5. The number of rotatable bonds is 4. The van der Waals surface area contributed by atoms with Gasteiger partial charge in [-0.15, -0.1) is 0 Å². The predicted octanol–water partition coefficient (Wildman–Crippen LogP) is 1.95. The van der Waals surface area contributed by atoms with E-state index in [1.54, 1.807) is 16.9 Å². The fourth-order valence-electron chi connectivity index (χ4n) is 3.43. The minimum atomic E-state index is -0.692. The molecule has 0 unspecified atom stereocenters. The summed E-state index contributed by atoms with van der Waals surface area (Å²) in [5.41, 5.74) is 7.40. The minimum Gasteiger partial charge on any atom is -0.390 e. The number of likely N-dealkylation sites (tertiary alicyclic amines) is 1. The van der Waals surface area contributed by atoms with E-state index in [2.05, 4.69) is 5.10 Å². The summed E-state index contributed by atoms with van der Waals surface area (Å²) in [5, 5.41) is 14.6. The maximum Gasteiger partial charge on any atom is 0.274 e. The Morgan fingerprint density at radius 3 is 2.60 bits per heavy atom. The number of amides is 1. The Bertz CT molecular complexity index is 740. The SMILES string of the molecule is CC(C)(O)C1CCN(C(=O)c2ccn(-c3ccccc3CN)n2)CC1. The Labute approximate surface area is 148 Å². The molecule has 1 aromatic carbocycles. The van der Waals surface area contributed by atoms with E-state index in [0.717, 1.165) is 24.1 Å². The van der Waals surface area contributed by atoms with Crippen molar-refractivity contribution < 1.29 is 9.90 Å². The van der Waals surface area contributed by atoms with Gasteiger partial charge in [-0.2, -0.15) is 5.10 Å². The van der Waals surface area contributed by atoms with Gasteiger partial charge in [-0.3, -0.25) is 4.79 Å². The lowest BCUT2D eigenvalue weighted by Gasteiger charge is -2.37. The van der Waals surface area contributed by atoms with E-state index in [9.17, 15) is 9.90 Å². The minimum absolute atomic E-state index is 0.0572. The van der Waals surface area contributed by atoms with E-state index in [0.29, 0.717) is 25.3 Å². The lowest BCUT2D eigenvalue weighted by atomic mass is 9.83. The number of para-hydroxylation sites is 1. The van der Waals surface area contributed by atoms with Crippen molar-refractivity contribution in [3.8, 4) is 5.69 Å². The third kappa shape index (κ3) is 3.75. The number of hydrogen-bond donors (Lipinski definition) is 2. The van der Waals surface area contributed by atoms with Crippen molar-refractivity contribution in [2.24, 2.45) is 11.7 Å². The second kappa shape index (κ2) is 6.98. The first-order valence-electron chi connectivity index (χ1n) is 8.76. The number of piperidine rings is 1. The molecular formula is C19H26N4O2. The van der Waals surface area contributed by atoms with Gasteiger partial charge in [-0.25, -0.2) is 4.68 Å². The monoisotopic (exact) mass is 342 g/mol. The first kappa shape index (κ1) is 17.6. The Morgan fingerprint density at radius 2 is 1.96 bits per heavy atom. The van der Waals surface area contributed by atoms with Crippen molar-refractivity contribution in [1.82, 2.24) is 14.7 Å². The summed E-state index contributed by atoms with van der Waals surface area (Å²) in [6.07, 6.45) is 3.42. The fraction of sp³-hybridized carbons (Fsp3) is 0.474. The summed E-state index contributed by atoms with van der Waals surface area (Å²) in [5.74, 6) is 0.170. The van der Waals surface area contributed by atoms with Crippen LogP contribution in [0.2, 0.25) is 0 Å². The molecule has 25 heavy (non-hydrogen) atoms. The molecule has 2 heterocycles. The van der Waals surface area contributed by atoms with Crippen LogP contribution in [0.25, 0.3) is 5.69 Å². The molecule has 2 aromatic rings. The van der Waals surface area contributed by atoms with E-state index in [4.69, 9.17) is 5.73 Å². The molecule has 0 bridgehead atoms. The number of aromatic nitrogens is 2. The van der Waals surface area contributed by atoms with Crippen LogP contribution in [-0.4, -0.2) is 44.4 Å². The molecule has 0 aliphatic carbocycles. The molecule has 1 aliphatic heterocycles. The normalized spacial score (nSPS) is 16.2. The third-order valence-corrected chi connectivity index (χ3v) is 5.05. The smallest absolute Gasteiger partial charge is 0.274 e. The molecule has 1 aliphatic rings. The highest BCUT2D eigenvalue weighted by Crippen LogP contribution is 2.28. The van der Waals surface area contributed by atoms with Gasteiger partial charge in [-0.1, -0.05) is 18.2 Å². The lowest BCUT2D eigenvalue weighted by Crippen LogP contribution is -2.44. The average Bonchev–Trinajstić information content (AvgIpc) is 3.10. The van der Waals surface area contributed by atoms with Gasteiger partial charge in [0.15, 0.2) is 5.69 Å². The standard InChI is InChI=1S/C19H26N4O2/c1-19(2,25)15-7-10-22(11-8-15)18(24)16-9-12-23(21-16)17-6-4-3-5-14(17)13-20/h3-6,9,12,15,25H,7-8,10-11,13,20H2,1-2H3. The molecule has 0 atom stereocenters. The zero-order valence-electron chi connectivity index (χ0n) is 14.9. The second-order valence-corrected chi connectivity index (χ2v) is 7.20. The van der Waals surface area contributed by atoms with Gasteiger partial charge in [0.2, 0.25) is 0 Å². The van der Waals surface area contributed by atoms with E-state index < -0.39 is 5.60 Å². The van der Waals surface area contributed by atoms with Crippen molar-refractivity contribution in [2.45, 2.75) is 38.8 Å². The van der Waals surface area contributed by atoms with Gasteiger partial charge in [-0.05, 0) is 50.3 Å². The second-order valence-electron chi connectivity index (χ2n) is 7.20. The molecule has 1 aromatic heterocycles. The van der Waals surface area contributed by atoms with Gasteiger partial charge < -0.3 is 15.7 Å². The van der Waals surface area contributed by atoms with Crippen LogP contribution in [0.1, 0.15) is 42.7 Å². The molecule has 6 nitrogen and oxygen atoms in total. The molecule has 1 fully saturated rings. The first-order chi connectivity index (χ1) is 11.9. The summed E-state index contributed by atoms with van der Waals surface area (Å²) in [7, 11) is 0. The van der Waals surface area contributed by atoms with Crippen molar-refractivity contribution in [1.29, 1.82) is 0 Å². The van der Waals surface area contributed by atoms with Crippen molar-refractivity contribution in [3.63, 3.8) is 0 Å².